The first kappa shape index (κ1) is 17.6. The fraction of sp³-hybridized carbons (Fsp3) is 0.278. The van der Waals surface area contributed by atoms with Gasteiger partial charge in [0.05, 0.1) is 0 Å². The monoisotopic (exact) mass is 351 g/mol. The van der Waals surface area contributed by atoms with Crippen molar-refractivity contribution in [2.75, 3.05) is 5.32 Å². The van der Waals surface area contributed by atoms with Gasteiger partial charge in [-0.25, -0.2) is 0 Å². The maximum atomic E-state index is 12.4. The number of halogens is 2. The third kappa shape index (κ3) is 4.63. The molecule has 0 aliphatic heterocycles. The Bertz CT molecular complexity index is 716. The summed E-state index contributed by atoms with van der Waals surface area (Å²) in [6, 6.07) is 10.7. The molecule has 1 N–H and O–H groups in total. The normalized spacial score (nSPS) is 11.9. The third-order valence-corrected chi connectivity index (χ3v) is 4.18. The molecule has 0 fully saturated rings. The van der Waals surface area contributed by atoms with Gasteiger partial charge in [0.2, 0.25) is 0 Å². The molecule has 1 amide bonds. The van der Waals surface area contributed by atoms with E-state index in [1.54, 1.807) is 24.3 Å². The van der Waals surface area contributed by atoms with Gasteiger partial charge >= 0.3 is 0 Å². The molecule has 0 aliphatic rings. The number of hydrogen-bond acceptors (Lipinski definition) is 2. The minimum absolute atomic E-state index is 0.189. The van der Waals surface area contributed by atoms with Crippen LogP contribution in [0.3, 0.4) is 0 Å². The summed E-state index contributed by atoms with van der Waals surface area (Å²) in [6.07, 6.45) is -0.0224. The van der Waals surface area contributed by atoms with Crippen LogP contribution in [-0.2, 0) is 4.79 Å². The van der Waals surface area contributed by atoms with Crippen LogP contribution >= 0.6 is 23.2 Å². The van der Waals surface area contributed by atoms with Crippen LogP contribution in [0.1, 0.15) is 24.5 Å². The Morgan fingerprint density at radius 3 is 2.48 bits per heavy atom. The Kier molecular flexibility index (Phi) is 5.91. The van der Waals surface area contributed by atoms with E-state index in [-0.39, 0.29) is 5.91 Å². The van der Waals surface area contributed by atoms with Gasteiger partial charge in [0.1, 0.15) is 5.75 Å². The molecule has 0 spiro atoms. The van der Waals surface area contributed by atoms with Gasteiger partial charge in [0.25, 0.3) is 5.91 Å². The second-order valence-corrected chi connectivity index (χ2v) is 6.22. The van der Waals surface area contributed by atoms with Crippen molar-refractivity contribution in [3.8, 4) is 5.75 Å². The number of nitrogens with one attached hydrogen (secondary N) is 1. The second-order valence-electron chi connectivity index (χ2n) is 5.37. The highest BCUT2D eigenvalue weighted by atomic mass is 35.5. The lowest BCUT2D eigenvalue weighted by molar-refractivity contribution is -0.122. The van der Waals surface area contributed by atoms with Crippen LogP contribution in [0, 0.1) is 13.8 Å². The quantitative estimate of drug-likeness (QED) is 0.782. The lowest BCUT2D eigenvalue weighted by Gasteiger charge is -2.18. The summed E-state index contributed by atoms with van der Waals surface area (Å²) < 4.78 is 5.80. The number of aryl methyl sites for hydroxylation is 2. The second kappa shape index (κ2) is 7.71. The van der Waals surface area contributed by atoms with Crippen LogP contribution in [0.4, 0.5) is 5.69 Å². The minimum Gasteiger partial charge on any atom is -0.481 e. The molecule has 2 aromatic rings. The molecule has 0 radical (unpaired) electrons. The lowest BCUT2D eigenvalue weighted by Crippen LogP contribution is -2.32. The van der Waals surface area contributed by atoms with Gasteiger partial charge in [-0.15, -0.1) is 0 Å². The number of amides is 1. The highest BCUT2D eigenvalue weighted by molar-refractivity contribution is 6.31. The Hall–Kier alpha value is -1.71. The predicted octanol–water partition coefficient (Wildman–Crippen LogP) is 5.41. The Balaban J connectivity index is 2.10. The number of benzene rings is 2. The van der Waals surface area contributed by atoms with Crippen molar-refractivity contribution in [2.24, 2.45) is 0 Å². The zero-order valence-corrected chi connectivity index (χ0v) is 14.8. The van der Waals surface area contributed by atoms with E-state index in [9.17, 15) is 4.79 Å². The summed E-state index contributed by atoms with van der Waals surface area (Å²) in [6.45, 7) is 5.70. The van der Waals surface area contributed by atoms with E-state index in [0.29, 0.717) is 22.2 Å². The smallest absolute Gasteiger partial charge is 0.265 e. The van der Waals surface area contributed by atoms with E-state index in [2.05, 4.69) is 5.32 Å². The summed E-state index contributed by atoms with van der Waals surface area (Å²) in [5.74, 6) is 0.437. The Morgan fingerprint density at radius 1 is 1.13 bits per heavy atom. The fourth-order valence-electron chi connectivity index (χ4n) is 2.16. The van der Waals surface area contributed by atoms with Gasteiger partial charge in [-0.05, 0) is 67.8 Å². The molecule has 1 unspecified atom stereocenters. The van der Waals surface area contributed by atoms with Crippen molar-refractivity contribution >= 4 is 34.8 Å². The standard InChI is InChI=1S/C18H19Cl2NO2/c1-4-17(23-14-6-7-15(20)11(2)10-14)18(22)21-16-8-5-13(19)9-12(16)3/h5-10,17H,4H2,1-3H3,(H,21,22). The van der Waals surface area contributed by atoms with Crippen molar-refractivity contribution in [2.45, 2.75) is 33.3 Å². The molecule has 2 aromatic carbocycles. The first-order valence-electron chi connectivity index (χ1n) is 7.40. The molecule has 5 heteroatoms. The van der Waals surface area contributed by atoms with Crippen LogP contribution < -0.4 is 10.1 Å². The predicted molar refractivity (Wildman–Crippen MR) is 95.7 cm³/mol. The molecule has 122 valence electrons. The van der Waals surface area contributed by atoms with Gasteiger partial charge in [-0.2, -0.15) is 0 Å². The minimum atomic E-state index is -0.578. The molecule has 2 rings (SSSR count). The van der Waals surface area contributed by atoms with Crippen molar-refractivity contribution in [3.05, 3.63) is 57.6 Å². The first-order valence-corrected chi connectivity index (χ1v) is 8.16. The number of hydrogen-bond donors (Lipinski definition) is 1. The van der Waals surface area contributed by atoms with E-state index in [1.807, 2.05) is 32.9 Å². The number of anilines is 1. The molecule has 0 aromatic heterocycles. The van der Waals surface area contributed by atoms with Crippen LogP contribution in [0.15, 0.2) is 36.4 Å². The highest BCUT2D eigenvalue weighted by Crippen LogP contribution is 2.24. The number of carbonyl (C=O) groups is 1. The number of rotatable bonds is 5. The van der Waals surface area contributed by atoms with Crippen molar-refractivity contribution in [1.82, 2.24) is 0 Å². The molecule has 3 nitrogen and oxygen atoms in total. The summed E-state index contributed by atoms with van der Waals surface area (Å²) in [4.78, 5) is 12.4. The highest BCUT2D eigenvalue weighted by Gasteiger charge is 2.19. The summed E-state index contributed by atoms with van der Waals surface area (Å²) in [7, 11) is 0. The first-order chi connectivity index (χ1) is 10.9. The van der Waals surface area contributed by atoms with Crippen LogP contribution in [0.25, 0.3) is 0 Å². The fourth-order valence-corrected chi connectivity index (χ4v) is 2.50. The van der Waals surface area contributed by atoms with E-state index in [0.717, 1.165) is 16.8 Å². The number of carbonyl (C=O) groups excluding carboxylic acids is 1. The topological polar surface area (TPSA) is 38.3 Å². The molecule has 0 saturated carbocycles. The van der Waals surface area contributed by atoms with Crippen molar-refractivity contribution in [1.29, 1.82) is 0 Å². The summed E-state index contributed by atoms with van der Waals surface area (Å²) in [5, 5.41) is 4.20. The SMILES string of the molecule is CCC(Oc1ccc(Cl)c(C)c1)C(=O)Nc1ccc(Cl)cc1C. The zero-order valence-electron chi connectivity index (χ0n) is 13.3. The molecule has 0 bridgehead atoms. The summed E-state index contributed by atoms with van der Waals surface area (Å²) in [5.41, 5.74) is 2.55. The van der Waals surface area contributed by atoms with Gasteiger partial charge in [-0.3, -0.25) is 4.79 Å². The van der Waals surface area contributed by atoms with Crippen molar-refractivity contribution in [3.63, 3.8) is 0 Å². The van der Waals surface area contributed by atoms with Gasteiger partial charge in [0, 0.05) is 15.7 Å². The molecule has 0 saturated heterocycles. The average Bonchev–Trinajstić information content (AvgIpc) is 2.51. The van der Waals surface area contributed by atoms with Crippen molar-refractivity contribution < 1.29 is 9.53 Å². The average molecular weight is 352 g/mol. The van der Waals surface area contributed by atoms with Gasteiger partial charge < -0.3 is 10.1 Å². The van der Waals surface area contributed by atoms with E-state index >= 15 is 0 Å². The molecular weight excluding hydrogens is 333 g/mol. The molecular formula is C18H19Cl2NO2. The third-order valence-electron chi connectivity index (χ3n) is 3.52. The molecule has 0 heterocycles. The zero-order chi connectivity index (χ0) is 17.0. The van der Waals surface area contributed by atoms with Crippen LogP contribution in [-0.4, -0.2) is 12.0 Å². The Labute approximate surface area is 146 Å². The maximum absolute atomic E-state index is 12.4. The van der Waals surface area contributed by atoms with E-state index in [4.69, 9.17) is 27.9 Å². The van der Waals surface area contributed by atoms with E-state index < -0.39 is 6.10 Å². The van der Waals surface area contributed by atoms with E-state index in [1.165, 1.54) is 0 Å². The molecule has 23 heavy (non-hydrogen) atoms. The number of ether oxygens (including phenoxy) is 1. The van der Waals surface area contributed by atoms with Crippen LogP contribution in [0.5, 0.6) is 5.75 Å². The van der Waals surface area contributed by atoms with Gasteiger partial charge in [-0.1, -0.05) is 30.1 Å². The lowest BCUT2D eigenvalue weighted by atomic mass is 10.2. The molecule has 0 aliphatic carbocycles. The maximum Gasteiger partial charge on any atom is 0.265 e. The van der Waals surface area contributed by atoms with Gasteiger partial charge in [0.15, 0.2) is 6.10 Å². The summed E-state index contributed by atoms with van der Waals surface area (Å²) >= 11 is 11.9. The van der Waals surface area contributed by atoms with Crippen LogP contribution in [0.2, 0.25) is 10.0 Å². The molecule has 1 atom stereocenters. The Morgan fingerprint density at radius 2 is 1.87 bits per heavy atom. The largest absolute Gasteiger partial charge is 0.481 e.